The SMILES string of the molecule is C[C@@](O)(c1ccccc1)[C@@H](C(=O)O)c1ccccc1. The van der Waals surface area contributed by atoms with Crippen LogP contribution in [0.3, 0.4) is 0 Å². The minimum atomic E-state index is -1.46. The van der Waals surface area contributed by atoms with Crippen molar-refractivity contribution in [3.63, 3.8) is 0 Å². The van der Waals surface area contributed by atoms with Gasteiger partial charge in [0.25, 0.3) is 0 Å². The van der Waals surface area contributed by atoms with Crippen LogP contribution in [0.15, 0.2) is 60.7 Å². The number of benzene rings is 2. The molecule has 2 aromatic rings. The maximum atomic E-state index is 11.6. The monoisotopic (exact) mass is 256 g/mol. The van der Waals surface area contributed by atoms with E-state index in [1.165, 1.54) is 6.92 Å². The Bertz CT molecular complexity index is 547. The smallest absolute Gasteiger partial charge is 0.314 e. The van der Waals surface area contributed by atoms with Gasteiger partial charge in [-0.15, -0.1) is 0 Å². The topological polar surface area (TPSA) is 57.5 Å². The second-order valence-electron chi connectivity index (χ2n) is 4.70. The van der Waals surface area contributed by atoms with Crippen molar-refractivity contribution < 1.29 is 15.0 Å². The molecule has 0 spiro atoms. The molecule has 0 aliphatic carbocycles. The molecule has 3 nitrogen and oxygen atoms in total. The molecule has 0 unspecified atom stereocenters. The minimum Gasteiger partial charge on any atom is -0.481 e. The fourth-order valence-electron chi connectivity index (χ4n) is 2.30. The molecule has 0 fully saturated rings. The van der Waals surface area contributed by atoms with Crippen molar-refractivity contribution >= 4 is 5.97 Å². The Balaban J connectivity index is 2.48. The summed E-state index contributed by atoms with van der Waals surface area (Å²) in [7, 11) is 0. The van der Waals surface area contributed by atoms with Crippen molar-refractivity contribution in [2.75, 3.05) is 0 Å². The quantitative estimate of drug-likeness (QED) is 0.884. The Kier molecular flexibility index (Phi) is 3.67. The van der Waals surface area contributed by atoms with E-state index in [0.717, 1.165) is 0 Å². The van der Waals surface area contributed by atoms with Gasteiger partial charge in [-0.25, -0.2) is 0 Å². The number of hydrogen-bond acceptors (Lipinski definition) is 2. The average Bonchev–Trinajstić information content (AvgIpc) is 2.40. The Labute approximate surface area is 112 Å². The third-order valence-electron chi connectivity index (χ3n) is 3.30. The molecule has 0 saturated carbocycles. The van der Waals surface area contributed by atoms with Gasteiger partial charge in [0, 0.05) is 0 Å². The second kappa shape index (κ2) is 5.24. The van der Waals surface area contributed by atoms with Crippen molar-refractivity contribution in [3.8, 4) is 0 Å². The Morgan fingerprint density at radius 3 is 1.95 bits per heavy atom. The van der Waals surface area contributed by atoms with E-state index in [0.29, 0.717) is 11.1 Å². The Morgan fingerprint density at radius 2 is 1.47 bits per heavy atom. The highest BCUT2D eigenvalue weighted by Crippen LogP contribution is 2.36. The van der Waals surface area contributed by atoms with E-state index in [4.69, 9.17) is 0 Å². The highest BCUT2D eigenvalue weighted by Gasteiger charge is 2.40. The zero-order valence-electron chi connectivity index (χ0n) is 10.7. The van der Waals surface area contributed by atoms with Crippen molar-refractivity contribution in [1.82, 2.24) is 0 Å². The lowest BCUT2D eigenvalue weighted by molar-refractivity contribution is -0.145. The largest absolute Gasteiger partial charge is 0.481 e. The van der Waals surface area contributed by atoms with Crippen molar-refractivity contribution in [2.24, 2.45) is 0 Å². The van der Waals surface area contributed by atoms with Crippen LogP contribution in [0.5, 0.6) is 0 Å². The summed E-state index contributed by atoms with van der Waals surface area (Å²) in [6.45, 7) is 1.54. The third-order valence-corrected chi connectivity index (χ3v) is 3.30. The number of carbonyl (C=O) groups is 1. The molecule has 0 radical (unpaired) electrons. The van der Waals surface area contributed by atoms with Gasteiger partial charge in [0.05, 0.1) is 0 Å². The van der Waals surface area contributed by atoms with E-state index < -0.39 is 17.5 Å². The normalized spacial score (nSPS) is 15.5. The molecule has 3 heteroatoms. The molecule has 0 aliphatic rings. The van der Waals surface area contributed by atoms with E-state index in [9.17, 15) is 15.0 Å². The molecule has 2 aromatic carbocycles. The van der Waals surface area contributed by atoms with Gasteiger partial charge in [-0.2, -0.15) is 0 Å². The minimum absolute atomic E-state index is 0.587. The van der Waals surface area contributed by atoms with Crippen molar-refractivity contribution in [2.45, 2.75) is 18.4 Å². The summed E-state index contributed by atoms with van der Waals surface area (Å²) in [5.41, 5.74) is -0.288. The molecule has 2 rings (SSSR count). The number of hydrogen-bond donors (Lipinski definition) is 2. The predicted octanol–water partition coefficient (Wildman–Crippen LogP) is 2.76. The van der Waals surface area contributed by atoms with E-state index in [2.05, 4.69) is 0 Å². The van der Waals surface area contributed by atoms with E-state index >= 15 is 0 Å². The maximum Gasteiger partial charge on any atom is 0.314 e. The molecule has 0 saturated heterocycles. The fraction of sp³-hybridized carbons (Fsp3) is 0.188. The lowest BCUT2D eigenvalue weighted by Crippen LogP contribution is -2.35. The van der Waals surface area contributed by atoms with Gasteiger partial charge in [0.15, 0.2) is 0 Å². The second-order valence-corrected chi connectivity index (χ2v) is 4.70. The van der Waals surface area contributed by atoms with Gasteiger partial charge in [-0.3, -0.25) is 4.79 Å². The van der Waals surface area contributed by atoms with Gasteiger partial charge in [0.1, 0.15) is 11.5 Å². The summed E-state index contributed by atoms with van der Waals surface area (Å²) in [6, 6.07) is 17.7. The van der Waals surface area contributed by atoms with Gasteiger partial charge < -0.3 is 10.2 Å². The van der Waals surface area contributed by atoms with Crippen LogP contribution in [0.1, 0.15) is 24.0 Å². The molecule has 0 aliphatic heterocycles. The first kappa shape index (κ1) is 13.3. The molecule has 2 N–H and O–H groups in total. The summed E-state index contributed by atoms with van der Waals surface area (Å²) >= 11 is 0. The molecule has 0 aromatic heterocycles. The molecule has 0 amide bonds. The lowest BCUT2D eigenvalue weighted by atomic mass is 9.78. The van der Waals surface area contributed by atoms with E-state index in [-0.39, 0.29) is 0 Å². The summed E-state index contributed by atoms with van der Waals surface area (Å²) in [5, 5.41) is 20.2. The van der Waals surface area contributed by atoms with E-state index in [1.54, 1.807) is 48.5 Å². The number of carboxylic acid groups (broad SMARTS) is 1. The van der Waals surface area contributed by atoms with Crippen LogP contribution < -0.4 is 0 Å². The number of carboxylic acids is 1. The van der Waals surface area contributed by atoms with Crippen LogP contribution >= 0.6 is 0 Å². The van der Waals surface area contributed by atoms with E-state index in [1.807, 2.05) is 12.1 Å². The molecule has 98 valence electrons. The fourth-order valence-corrected chi connectivity index (χ4v) is 2.30. The summed E-state index contributed by atoms with van der Waals surface area (Å²) < 4.78 is 0. The van der Waals surface area contributed by atoms with Gasteiger partial charge in [-0.1, -0.05) is 60.7 Å². The zero-order valence-corrected chi connectivity index (χ0v) is 10.7. The highest BCUT2D eigenvalue weighted by molar-refractivity contribution is 5.78. The van der Waals surface area contributed by atoms with Crippen LogP contribution in [0.25, 0.3) is 0 Å². The van der Waals surface area contributed by atoms with Crippen LogP contribution in [0.4, 0.5) is 0 Å². The number of rotatable bonds is 4. The summed E-state index contributed by atoms with van der Waals surface area (Å²) in [5.74, 6) is -2.05. The molecule has 0 bridgehead atoms. The maximum absolute atomic E-state index is 11.6. The standard InChI is InChI=1S/C16H16O3/c1-16(19,13-10-6-3-7-11-13)14(15(17)18)12-8-4-2-5-9-12/h2-11,14,19H,1H3,(H,17,18)/t14-,16-/m1/s1. The number of aliphatic carboxylic acids is 1. The van der Waals surface area contributed by atoms with Crippen LogP contribution in [0.2, 0.25) is 0 Å². The molecular formula is C16H16O3. The zero-order chi connectivity index (χ0) is 13.9. The average molecular weight is 256 g/mol. The predicted molar refractivity (Wildman–Crippen MR) is 72.8 cm³/mol. The van der Waals surface area contributed by atoms with Crippen molar-refractivity contribution in [1.29, 1.82) is 0 Å². The number of aliphatic hydroxyl groups is 1. The van der Waals surface area contributed by atoms with Gasteiger partial charge >= 0.3 is 5.97 Å². The van der Waals surface area contributed by atoms with Crippen molar-refractivity contribution in [3.05, 3.63) is 71.8 Å². The van der Waals surface area contributed by atoms with Crippen LogP contribution in [-0.4, -0.2) is 16.2 Å². The molecule has 2 atom stereocenters. The first-order chi connectivity index (χ1) is 9.03. The first-order valence-electron chi connectivity index (χ1n) is 6.09. The first-order valence-corrected chi connectivity index (χ1v) is 6.09. The summed E-state index contributed by atoms with van der Waals surface area (Å²) in [6.07, 6.45) is 0. The Morgan fingerprint density at radius 1 is 1.00 bits per heavy atom. The molecular weight excluding hydrogens is 240 g/mol. The van der Waals surface area contributed by atoms with Crippen LogP contribution in [-0.2, 0) is 10.4 Å². The van der Waals surface area contributed by atoms with Gasteiger partial charge in [-0.05, 0) is 18.1 Å². The lowest BCUT2D eigenvalue weighted by Gasteiger charge is -2.30. The summed E-state index contributed by atoms with van der Waals surface area (Å²) in [4.78, 5) is 11.6. The van der Waals surface area contributed by atoms with Gasteiger partial charge in [0.2, 0.25) is 0 Å². The van der Waals surface area contributed by atoms with Crippen LogP contribution in [0, 0.1) is 0 Å². The highest BCUT2D eigenvalue weighted by atomic mass is 16.4. The third kappa shape index (κ3) is 2.66. The molecule has 19 heavy (non-hydrogen) atoms. The Hall–Kier alpha value is -2.13. The molecule has 0 heterocycles.